The highest BCUT2D eigenvalue weighted by molar-refractivity contribution is 5.94. The van der Waals surface area contributed by atoms with Gasteiger partial charge in [-0.1, -0.05) is 33.1 Å². The number of ether oxygens (including phenoxy) is 1. The topological polar surface area (TPSA) is 79.5 Å². The third-order valence-electron chi connectivity index (χ3n) is 4.35. The molecule has 0 heterocycles. The minimum absolute atomic E-state index is 0.0296. The van der Waals surface area contributed by atoms with Crippen LogP contribution in [0.2, 0.25) is 0 Å². The van der Waals surface area contributed by atoms with Gasteiger partial charge >= 0.3 is 0 Å². The Labute approximate surface area is 173 Å². The summed E-state index contributed by atoms with van der Waals surface area (Å²) in [6, 6.07) is 14.7. The van der Waals surface area contributed by atoms with Crippen LogP contribution in [0.3, 0.4) is 0 Å². The molecule has 0 fully saturated rings. The fourth-order valence-electron chi connectivity index (χ4n) is 2.66. The summed E-state index contributed by atoms with van der Waals surface area (Å²) < 4.78 is 5.71. The molecule has 156 valence electrons. The molecule has 0 unspecified atom stereocenters. The second kappa shape index (κ2) is 12.4. The van der Waals surface area contributed by atoms with E-state index in [1.54, 1.807) is 19.1 Å². The molecule has 0 aliphatic heterocycles. The average Bonchev–Trinajstić information content (AvgIpc) is 2.74. The lowest BCUT2D eigenvalue weighted by Gasteiger charge is -2.10. The molecule has 0 spiro atoms. The summed E-state index contributed by atoms with van der Waals surface area (Å²) >= 11 is 0. The second-order valence-corrected chi connectivity index (χ2v) is 6.81. The van der Waals surface area contributed by atoms with E-state index in [2.05, 4.69) is 22.9 Å². The average molecular weight is 398 g/mol. The van der Waals surface area contributed by atoms with Gasteiger partial charge in [0.2, 0.25) is 11.8 Å². The molecular formula is C23H31N3O3. The SMILES string of the molecule is CCCCCCOc1ccc(NC(=O)CNc2ccc(NC(=O)CC)cc2)cc1. The molecule has 0 aliphatic rings. The maximum absolute atomic E-state index is 12.1. The Morgan fingerprint density at radius 2 is 1.34 bits per heavy atom. The normalized spacial score (nSPS) is 10.3. The van der Waals surface area contributed by atoms with E-state index in [1.165, 1.54) is 19.3 Å². The van der Waals surface area contributed by atoms with Gasteiger partial charge in [-0.2, -0.15) is 0 Å². The number of rotatable bonds is 12. The first-order valence-corrected chi connectivity index (χ1v) is 10.3. The van der Waals surface area contributed by atoms with Crippen LogP contribution in [0.5, 0.6) is 5.75 Å². The number of unbranched alkanes of at least 4 members (excludes halogenated alkanes) is 3. The van der Waals surface area contributed by atoms with Crippen molar-refractivity contribution in [3.05, 3.63) is 48.5 Å². The van der Waals surface area contributed by atoms with Gasteiger partial charge in [0.15, 0.2) is 0 Å². The van der Waals surface area contributed by atoms with E-state index in [0.29, 0.717) is 6.42 Å². The molecule has 6 heteroatoms. The van der Waals surface area contributed by atoms with Gasteiger partial charge in [0, 0.05) is 23.5 Å². The summed E-state index contributed by atoms with van der Waals surface area (Å²) in [6.07, 6.45) is 5.14. The molecule has 0 radical (unpaired) electrons. The van der Waals surface area contributed by atoms with E-state index in [1.807, 2.05) is 36.4 Å². The van der Waals surface area contributed by atoms with Crippen molar-refractivity contribution in [3.63, 3.8) is 0 Å². The first-order valence-electron chi connectivity index (χ1n) is 10.3. The first-order chi connectivity index (χ1) is 14.1. The van der Waals surface area contributed by atoms with Crippen LogP contribution in [0, 0.1) is 0 Å². The van der Waals surface area contributed by atoms with Crippen LogP contribution in [-0.4, -0.2) is 25.0 Å². The largest absolute Gasteiger partial charge is 0.494 e. The molecule has 0 atom stereocenters. The van der Waals surface area contributed by atoms with Crippen molar-refractivity contribution in [1.82, 2.24) is 0 Å². The van der Waals surface area contributed by atoms with Crippen LogP contribution in [0.4, 0.5) is 17.1 Å². The fraction of sp³-hybridized carbons (Fsp3) is 0.391. The lowest BCUT2D eigenvalue weighted by molar-refractivity contribution is -0.116. The Kier molecular flexibility index (Phi) is 9.55. The van der Waals surface area contributed by atoms with Crippen LogP contribution in [-0.2, 0) is 9.59 Å². The van der Waals surface area contributed by atoms with Crippen LogP contribution in [0.25, 0.3) is 0 Å². The minimum Gasteiger partial charge on any atom is -0.494 e. The second-order valence-electron chi connectivity index (χ2n) is 6.81. The number of hydrogen-bond acceptors (Lipinski definition) is 4. The summed E-state index contributed by atoms with van der Waals surface area (Å²) in [4.78, 5) is 23.5. The zero-order valence-electron chi connectivity index (χ0n) is 17.3. The molecule has 0 saturated heterocycles. The standard InChI is InChI=1S/C23H31N3O3/c1-3-5-6-7-16-29-21-14-12-20(13-15-21)26-23(28)17-24-18-8-10-19(11-9-18)25-22(27)4-2/h8-15,24H,3-7,16-17H2,1-2H3,(H,25,27)(H,26,28). The predicted molar refractivity (Wildman–Crippen MR) is 119 cm³/mol. The van der Waals surface area contributed by atoms with Crippen molar-refractivity contribution in [2.45, 2.75) is 46.0 Å². The molecule has 2 rings (SSSR count). The van der Waals surface area contributed by atoms with Crippen molar-refractivity contribution in [3.8, 4) is 5.75 Å². The van der Waals surface area contributed by atoms with Crippen molar-refractivity contribution >= 4 is 28.9 Å². The highest BCUT2D eigenvalue weighted by atomic mass is 16.5. The molecule has 0 bridgehead atoms. The molecule has 0 aromatic heterocycles. The van der Waals surface area contributed by atoms with E-state index >= 15 is 0 Å². The highest BCUT2D eigenvalue weighted by Crippen LogP contribution is 2.17. The number of benzene rings is 2. The Bertz CT molecular complexity index is 758. The Balaban J connectivity index is 1.71. The Morgan fingerprint density at radius 1 is 0.759 bits per heavy atom. The van der Waals surface area contributed by atoms with E-state index in [9.17, 15) is 9.59 Å². The Hall–Kier alpha value is -3.02. The third kappa shape index (κ3) is 8.68. The molecule has 2 amide bonds. The minimum atomic E-state index is -0.137. The van der Waals surface area contributed by atoms with Gasteiger partial charge < -0.3 is 20.7 Å². The van der Waals surface area contributed by atoms with Crippen molar-refractivity contribution in [1.29, 1.82) is 0 Å². The lowest BCUT2D eigenvalue weighted by Crippen LogP contribution is -2.21. The summed E-state index contributed by atoms with van der Waals surface area (Å²) in [5, 5.41) is 8.71. The van der Waals surface area contributed by atoms with E-state index < -0.39 is 0 Å². The zero-order valence-corrected chi connectivity index (χ0v) is 17.3. The van der Waals surface area contributed by atoms with Crippen molar-refractivity contribution in [2.24, 2.45) is 0 Å². The number of anilines is 3. The molecule has 3 N–H and O–H groups in total. The third-order valence-corrected chi connectivity index (χ3v) is 4.35. The number of carbonyl (C=O) groups is 2. The van der Waals surface area contributed by atoms with Crippen LogP contribution < -0.4 is 20.7 Å². The number of carbonyl (C=O) groups excluding carboxylic acids is 2. The molecule has 0 saturated carbocycles. The fourth-order valence-corrected chi connectivity index (χ4v) is 2.66. The quantitative estimate of drug-likeness (QED) is 0.438. The van der Waals surface area contributed by atoms with Gasteiger partial charge in [-0.05, 0) is 55.0 Å². The van der Waals surface area contributed by atoms with Crippen LogP contribution in [0.1, 0.15) is 46.0 Å². The maximum atomic E-state index is 12.1. The summed E-state index contributed by atoms with van der Waals surface area (Å²) in [6.45, 7) is 4.86. The van der Waals surface area contributed by atoms with E-state index in [0.717, 1.165) is 35.8 Å². The summed E-state index contributed by atoms with van der Waals surface area (Å²) in [7, 11) is 0. The zero-order chi connectivity index (χ0) is 20.9. The Morgan fingerprint density at radius 3 is 1.97 bits per heavy atom. The summed E-state index contributed by atoms with van der Waals surface area (Å²) in [5.74, 6) is 0.646. The first kappa shape index (κ1) is 22.3. The van der Waals surface area contributed by atoms with E-state index in [-0.39, 0.29) is 18.4 Å². The van der Waals surface area contributed by atoms with Crippen LogP contribution >= 0.6 is 0 Å². The molecule has 2 aromatic carbocycles. The van der Waals surface area contributed by atoms with Gasteiger partial charge in [0.1, 0.15) is 5.75 Å². The van der Waals surface area contributed by atoms with Crippen molar-refractivity contribution in [2.75, 3.05) is 29.1 Å². The molecule has 29 heavy (non-hydrogen) atoms. The van der Waals surface area contributed by atoms with Gasteiger partial charge in [-0.25, -0.2) is 0 Å². The monoisotopic (exact) mass is 397 g/mol. The number of amides is 2. The van der Waals surface area contributed by atoms with E-state index in [4.69, 9.17) is 4.74 Å². The van der Waals surface area contributed by atoms with Crippen LogP contribution in [0.15, 0.2) is 48.5 Å². The maximum Gasteiger partial charge on any atom is 0.243 e. The van der Waals surface area contributed by atoms with Gasteiger partial charge in [0.25, 0.3) is 0 Å². The smallest absolute Gasteiger partial charge is 0.243 e. The van der Waals surface area contributed by atoms with Gasteiger partial charge in [-0.15, -0.1) is 0 Å². The van der Waals surface area contributed by atoms with Gasteiger partial charge in [-0.3, -0.25) is 9.59 Å². The molecule has 6 nitrogen and oxygen atoms in total. The lowest BCUT2D eigenvalue weighted by atomic mass is 10.2. The molecule has 0 aliphatic carbocycles. The number of nitrogens with one attached hydrogen (secondary N) is 3. The molecule has 2 aromatic rings. The summed E-state index contributed by atoms with van der Waals surface area (Å²) in [5.41, 5.74) is 2.27. The predicted octanol–water partition coefficient (Wildman–Crippen LogP) is 5.04. The van der Waals surface area contributed by atoms with Crippen molar-refractivity contribution < 1.29 is 14.3 Å². The van der Waals surface area contributed by atoms with Gasteiger partial charge in [0.05, 0.1) is 13.2 Å². The number of hydrogen-bond donors (Lipinski definition) is 3. The highest BCUT2D eigenvalue weighted by Gasteiger charge is 2.04. The molecular weight excluding hydrogens is 366 g/mol.